The molecule has 0 radical (unpaired) electrons. The molecule has 0 saturated heterocycles. The Morgan fingerprint density at radius 3 is 2.33 bits per heavy atom. The lowest BCUT2D eigenvalue weighted by molar-refractivity contribution is -0.117. The number of amides is 1. The minimum absolute atomic E-state index is 0.0700. The van der Waals surface area contributed by atoms with Crippen LogP contribution in [0.2, 0.25) is 0 Å². The molecule has 1 saturated carbocycles. The third-order valence-electron chi connectivity index (χ3n) is 3.91. The lowest BCUT2D eigenvalue weighted by atomic mass is 10.1. The maximum absolute atomic E-state index is 13.0. The Morgan fingerprint density at radius 1 is 1.08 bits per heavy atom. The van der Waals surface area contributed by atoms with E-state index in [0.29, 0.717) is 17.8 Å². The van der Waals surface area contributed by atoms with Crippen LogP contribution in [0.1, 0.15) is 17.9 Å². The molecule has 0 heterocycles. The summed E-state index contributed by atoms with van der Waals surface area (Å²) in [5.74, 6) is -0.601. The van der Waals surface area contributed by atoms with Gasteiger partial charge in [0, 0.05) is 5.92 Å². The molecular weight excluding hydrogens is 331 g/mol. The molecule has 0 unspecified atom stereocenters. The normalized spacial score (nSPS) is 19.6. The molecule has 1 fully saturated rings. The highest BCUT2D eigenvalue weighted by Gasteiger charge is 2.44. The van der Waals surface area contributed by atoms with Gasteiger partial charge in [-0.3, -0.25) is 9.52 Å². The molecule has 126 valence electrons. The summed E-state index contributed by atoms with van der Waals surface area (Å²) in [6, 6.07) is 12.8. The van der Waals surface area contributed by atoms with Crippen molar-refractivity contribution >= 4 is 27.3 Å². The second-order valence-corrected chi connectivity index (χ2v) is 7.66. The van der Waals surface area contributed by atoms with Crippen LogP contribution in [-0.4, -0.2) is 20.6 Å². The van der Waals surface area contributed by atoms with Gasteiger partial charge in [0.2, 0.25) is 15.9 Å². The molecule has 7 heteroatoms. The van der Waals surface area contributed by atoms with Crippen molar-refractivity contribution in [3.8, 4) is 0 Å². The summed E-state index contributed by atoms with van der Waals surface area (Å²) in [7, 11) is -3.43. The zero-order valence-electron chi connectivity index (χ0n) is 13.0. The molecule has 0 spiro atoms. The lowest BCUT2D eigenvalue weighted by Gasteiger charge is -2.11. The number of benzene rings is 2. The van der Waals surface area contributed by atoms with E-state index in [-0.39, 0.29) is 23.6 Å². The van der Waals surface area contributed by atoms with Gasteiger partial charge in [0.15, 0.2) is 0 Å². The van der Waals surface area contributed by atoms with E-state index in [2.05, 4.69) is 10.0 Å². The Bertz CT molecular complexity index is 866. The van der Waals surface area contributed by atoms with Gasteiger partial charge in [0.1, 0.15) is 5.82 Å². The summed E-state index contributed by atoms with van der Waals surface area (Å²) >= 11 is 0. The third-order valence-corrected chi connectivity index (χ3v) is 4.50. The number of carbonyl (C=O) groups excluding carboxylic acids is 1. The number of halogens is 1. The fourth-order valence-electron chi connectivity index (χ4n) is 2.67. The molecule has 0 aliphatic heterocycles. The number of carbonyl (C=O) groups is 1. The quantitative estimate of drug-likeness (QED) is 0.872. The third kappa shape index (κ3) is 3.91. The molecule has 24 heavy (non-hydrogen) atoms. The predicted octanol–water partition coefficient (Wildman–Crippen LogP) is 2.94. The van der Waals surface area contributed by atoms with E-state index in [1.807, 2.05) is 0 Å². The van der Waals surface area contributed by atoms with Crippen LogP contribution in [-0.2, 0) is 14.8 Å². The summed E-state index contributed by atoms with van der Waals surface area (Å²) in [6.07, 6.45) is 1.75. The van der Waals surface area contributed by atoms with Gasteiger partial charge >= 0.3 is 0 Å². The van der Waals surface area contributed by atoms with Crippen LogP contribution >= 0.6 is 0 Å². The van der Waals surface area contributed by atoms with Gasteiger partial charge in [-0.15, -0.1) is 0 Å². The van der Waals surface area contributed by atoms with Crippen LogP contribution in [0.4, 0.5) is 15.8 Å². The molecule has 2 aromatic rings. The topological polar surface area (TPSA) is 75.3 Å². The van der Waals surface area contributed by atoms with Gasteiger partial charge in [-0.05, 0) is 42.2 Å². The van der Waals surface area contributed by atoms with E-state index in [1.54, 1.807) is 36.4 Å². The van der Waals surface area contributed by atoms with Crippen LogP contribution in [0.5, 0.6) is 0 Å². The second-order valence-electron chi connectivity index (χ2n) is 5.91. The molecule has 1 aliphatic carbocycles. The summed E-state index contributed by atoms with van der Waals surface area (Å²) in [6.45, 7) is 0. The van der Waals surface area contributed by atoms with Crippen molar-refractivity contribution in [3.05, 3.63) is 59.9 Å². The van der Waals surface area contributed by atoms with E-state index >= 15 is 0 Å². The van der Waals surface area contributed by atoms with Crippen molar-refractivity contribution < 1.29 is 17.6 Å². The number of para-hydroxylation sites is 2. The lowest BCUT2D eigenvalue weighted by Crippen LogP contribution is -2.17. The summed E-state index contributed by atoms with van der Waals surface area (Å²) in [5, 5.41) is 2.77. The Balaban J connectivity index is 1.69. The van der Waals surface area contributed by atoms with Crippen LogP contribution in [0.25, 0.3) is 0 Å². The zero-order chi connectivity index (χ0) is 17.3. The number of anilines is 2. The van der Waals surface area contributed by atoms with Gasteiger partial charge in [0.25, 0.3) is 0 Å². The first kappa shape index (κ1) is 16.4. The molecule has 2 atom stereocenters. The van der Waals surface area contributed by atoms with E-state index in [4.69, 9.17) is 0 Å². The Labute approximate surface area is 139 Å². The summed E-state index contributed by atoms with van der Waals surface area (Å²) in [5.41, 5.74) is 1.67. The van der Waals surface area contributed by atoms with E-state index in [9.17, 15) is 17.6 Å². The number of rotatable bonds is 5. The molecule has 1 aliphatic rings. The fourth-order valence-corrected chi connectivity index (χ4v) is 3.25. The van der Waals surface area contributed by atoms with Crippen LogP contribution in [0, 0.1) is 11.7 Å². The second kappa shape index (κ2) is 6.24. The van der Waals surface area contributed by atoms with Gasteiger partial charge in [-0.1, -0.05) is 24.3 Å². The molecule has 0 aromatic heterocycles. The van der Waals surface area contributed by atoms with Gasteiger partial charge in [-0.2, -0.15) is 0 Å². The van der Waals surface area contributed by atoms with Crippen molar-refractivity contribution in [1.82, 2.24) is 0 Å². The monoisotopic (exact) mass is 348 g/mol. The highest BCUT2D eigenvalue weighted by Crippen LogP contribution is 2.48. The first-order chi connectivity index (χ1) is 11.3. The smallest absolute Gasteiger partial charge is 0.229 e. The maximum atomic E-state index is 13.0. The number of hydrogen-bond acceptors (Lipinski definition) is 3. The fraction of sp³-hybridized carbons (Fsp3) is 0.235. The van der Waals surface area contributed by atoms with Crippen molar-refractivity contribution in [2.45, 2.75) is 12.3 Å². The highest BCUT2D eigenvalue weighted by molar-refractivity contribution is 7.92. The zero-order valence-corrected chi connectivity index (χ0v) is 13.8. The summed E-state index contributed by atoms with van der Waals surface area (Å²) < 4.78 is 38.1. The van der Waals surface area contributed by atoms with Crippen LogP contribution in [0.3, 0.4) is 0 Å². The SMILES string of the molecule is CS(=O)(=O)Nc1ccccc1NC(=O)[C@@H]1C[C@H]1c1ccc(F)cc1. The Hall–Kier alpha value is -2.41. The number of hydrogen-bond donors (Lipinski definition) is 2. The van der Waals surface area contributed by atoms with Crippen molar-refractivity contribution in [2.24, 2.45) is 5.92 Å². The predicted molar refractivity (Wildman–Crippen MR) is 90.8 cm³/mol. The molecule has 2 aromatic carbocycles. The van der Waals surface area contributed by atoms with Gasteiger partial charge in [0.05, 0.1) is 17.6 Å². The first-order valence-corrected chi connectivity index (χ1v) is 9.36. The molecular formula is C17H17FN2O3S. The van der Waals surface area contributed by atoms with Crippen LogP contribution < -0.4 is 10.0 Å². The minimum atomic E-state index is -3.43. The molecule has 1 amide bonds. The number of sulfonamides is 1. The van der Waals surface area contributed by atoms with E-state index < -0.39 is 10.0 Å². The van der Waals surface area contributed by atoms with E-state index in [1.165, 1.54) is 12.1 Å². The molecule has 5 nitrogen and oxygen atoms in total. The molecule has 2 N–H and O–H groups in total. The average Bonchev–Trinajstić information content (AvgIpc) is 3.29. The highest BCUT2D eigenvalue weighted by atomic mass is 32.2. The molecule has 0 bridgehead atoms. The maximum Gasteiger partial charge on any atom is 0.229 e. The number of nitrogens with one attached hydrogen (secondary N) is 2. The minimum Gasteiger partial charge on any atom is -0.324 e. The van der Waals surface area contributed by atoms with E-state index in [0.717, 1.165) is 11.8 Å². The average molecular weight is 348 g/mol. The Morgan fingerprint density at radius 2 is 1.71 bits per heavy atom. The standard InChI is InChI=1S/C17H17FN2O3S/c1-24(22,23)20-16-5-3-2-4-15(16)19-17(21)14-10-13(14)11-6-8-12(18)9-7-11/h2-9,13-14,20H,10H2,1H3,(H,19,21)/t13-,14+/m0/s1. The van der Waals surface area contributed by atoms with Crippen molar-refractivity contribution in [3.63, 3.8) is 0 Å². The van der Waals surface area contributed by atoms with Gasteiger partial charge < -0.3 is 5.32 Å². The Kier molecular flexibility index (Phi) is 4.28. The summed E-state index contributed by atoms with van der Waals surface area (Å²) in [4.78, 5) is 12.4. The largest absolute Gasteiger partial charge is 0.324 e. The molecule has 3 rings (SSSR count). The van der Waals surface area contributed by atoms with Crippen LogP contribution in [0.15, 0.2) is 48.5 Å². The first-order valence-electron chi connectivity index (χ1n) is 7.46. The van der Waals surface area contributed by atoms with Crippen molar-refractivity contribution in [2.75, 3.05) is 16.3 Å². The van der Waals surface area contributed by atoms with Gasteiger partial charge in [-0.25, -0.2) is 12.8 Å². The van der Waals surface area contributed by atoms with Crippen molar-refractivity contribution in [1.29, 1.82) is 0 Å².